The number of carbonyl (C=O) groups is 1. The standard InChI is InChI=1S/C19H19N3O2/c1-13-5-6-16-17(11-13)21-18(20-16)14-3-2-4-15(12-14)19(23)22-7-9-24-10-8-22/h2-6,11-12H,7-10H2,1H3,(H,20,21). The first-order valence-electron chi connectivity index (χ1n) is 8.14. The minimum Gasteiger partial charge on any atom is -0.378 e. The maximum Gasteiger partial charge on any atom is 0.254 e. The van der Waals surface area contributed by atoms with Crippen molar-refractivity contribution >= 4 is 16.9 Å². The fourth-order valence-corrected chi connectivity index (χ4v) is 3.00. The Morgan fingerprint density at radius 3 is 2.83 bits per heavy atom. The van der Waals surface area contributed by atoms with Gasteiger partial charge < -0.3 is 14.6 Å². The highest BCUT2D eigenvalue weighted by molar-refractivity contribution is 5.95. The molecule has 1 aliphatic heterocycles. The second-order valence-electron chi connectivity index (χ2n) is 6.09. The first-order chi connectivity index (χ1) is 11.7. The first-order valence-corrected chi connectivity index (χ1v) is 8.14. The van der Waals surface area contributed by atoms with Gasteiger partial charge in [0.25, 0.3) is 5.91 Å². The number of H-pyrrole nitrogens is 1. The fourth-order valence-electron chi connectivity index (χ4n) is 3.00. The van der Waals surface area contributed by atoms with E-state index in [1.165, 1.54) is 5.56 Å². The lowest BCUT2D eigenvalue weighted by Gasteiger charge is -2.26. The van der Waals surface area contributed by atoms with Crippen molar-refractivity contribution in [2.75, 3.05) is 26.3 Å². The van der Waals surface area contributed by atoms with Crippen molar-refractivity contribution in [2.24, 2.45) is 0 Å². The van der Waals surface area contributed by atoms with Gasteiger partial charge in [0.05, 0.1) is 24.2 Å². The zero-order chi connectivity index (χ0) is 16.5. The summed E-state index contributed by atoms with van der Waals surface area (Å²) in [6.45, 7) is 4.55. The van der Waals surface area contributed by atoms with Gasteiger partial charge in [0.15, 0.2) is 0 Å². The molecule has 2 heterocycles. The van der Waals surface area contributed by atoms with Crippen LogP contribution in [-0.4, -0.2) is 47.1 Å². The highest BCUT2D eigenvalue weighted by atomic mass is 16.5. The summed E-state index contributed by atoms with van der Waals surface area (Å²) >= 11 is 0. The van der Waals surface area contributed by atoms with Crippen LogP contribution in [-0.2, 0) is 4.74 Å². The Morgan fingerprint density at radius 2 is 2.00 bits per heavy atom. The summed E-state index contributed by atoms with van der Waals surface area (Å²) < 4.78 is 5.31. The number of fused-ring (bicyclic) bond motifs is 1. The van der Waals surface area contributed by atoms with E-state index in [1.807, 2.05) is 35.2 Å². The number of morpholine rings is 1. The Labute approximate surface area is 140 Å². The van der Waals surface area contributed by atoms with E-state index in [0.717, 1.165) is 22.4 Å². The zero-order valence-electron chi connectivity index (χ0n) is 13.6. The second kappa shape index (κ2) is 6.09. The van der Waals surface area contributed by atoms with Gasteiger partial charge in [-0.05, 0) is 36.8 Å². The molecule has 5 nitrogen and oxygen atoms in total. The lowest BCUT2D eigenvalue weighted by Crippen LogP contribution is -2.40. The van der Waals surface area contributed by atoms with E-state index in [4.69, 9.17) is 4.74 Å². The normalized spacial score (nSPS) is 15.0. The van der Waals surface area contributed by atoms with Crippen molar-refractivity contribution in [3.8, 4) is 11.4 Å². The predicted octanol–water partition coefficient (Wildman–Crippen LogP) is 3.01. The minimum atomic E-state index is 0.0482. The van der Waals surface area contributed by atoms with E-state index < -0.39 is 0 Å². The van der Waals surface area contributed by atoms with Crippen molar-refractivity contribution < 1.29 is 9.53 Å². The van der Waals surface area contributed by atoms with Crippen LogP contribution in [0, 0.1) is 6.92 Å². The van der Waals surface area contributed by atoms with Gasteiger partial charge in [-0.2, -0.15) is 0 Å². The third-order valence-corrected chi connectivity index (χ3v) is 4.32. The zero-order valence-corrected chi connectivity index (χ0v) is 13.6. The lowest BCUT2D eigenvalue weighted by atomic mass is 10.1. The van der Waals surface area contributed by atoms with E-state index in [2.05, 4.69) is 29.0 Å². The molecule has 1 amide bonds. The number of rotatable bonds is 2. The summed E-state index contributed by atoms with van der Waals surface area (Å²) in [5, 5.41) is 0. The van der Waals surface area contributed by atoms with E-state index in [9.17, 15) is 4.79 Å². The van der Waals surface area contributed by atoms with Crippen LogP contribution in [0.5, 0.6) is 0 Å². The molecule has 3 aromatic rings. The van der Waals surface area contributed by atoms with Gasteiger partial charge in [0.1, 0.15) is 5.82 Å². The summed E-state index contributed by atoms with van der Waals surface area (Å²) in [7, 11) is 0. The van der Waals surface area contributed by atoms with Gasteiger partial charge in [-0.25, -0.2) is 4.98 Å². The van der Waals surface area contributed by atoms with Crippen LogP contribution in [0.3, 0.4) is 0 Å². The van der Waals surface area contributed by atoms with Gasteiger partial charge in [-0.1, -0.05) is 18.2 Å². The number of nitrogens with one attached hydrogen (secondary N) is 1. The number of imidazole rings is 1. The van der Waals surface area contributed by atoms with Crippen molar-refractivity contribution in [3.63, 3.8) is 0 Å². The largest absolute Gasteiger partial charge is 0.378 e. The van der Waals surface area contributed by atoms with E-state index in [1.54, 1.807) is 0 Å². The van der Waals surface area contributed by atoms with E-state index >= 15 is 0 Å². The van der Waals surface area contributed by atoms with Crippen LogP contribution in [0.1, 0.15) is 15.9 Å². The Bertz CT molecular complexity index is 895. The summed E-state index contributed by atoms with van der Waals surface area (Å²) in [4.78, 5) is 22.5. The number of benzene rings is 2. The number of aromatic amines is 1. The van der Waals surface area contributed by atoms with Gasteiger partial charge in [0.2, 0.25) is 0 Å². The van der Waals surface area contributed by atoms with Crippen molar-refractivity contribution in [1.29, 1.82) is 0 Å². The third kappa shape index (κ3) is 2.78. The average Bonchev–Trinajstić information content (AvgIpc) is 3.05. The Kier molecular flexibility index (Phi) is 3.78. The number of hydrogen-bond donors (Lipinski definition) is 1. The number of amides is 1. The average molecular weight is 321 g/mol. The van der Waals surface area contributed by atoms with Gasteiger partial charge in [-0.3, -0.25) is 4.79 Å². The number of nitrogens with zero attached hydrogens (tertiary/aromatic N) is 2. The Hall–Kier alpha value is -2.66. The van der Waals surface area contributed by atoms with Gasteiger partial charge in [0, 0.05) is 24.2 Å². The molecule has 2 aromatic carbocycles. The molecule has 24 heavy (non-hydrogen) atoms. The number of aryl methyl sites for hydroxylation is 1. The van der Waals surface area contributed by atoms with Gasteiger partial charge in [-0.15, -0.1) is 0 Å². The monoisotopic (exact) mass is 321 g/mol. The highest BCUT2D eigenvalue weighted by Crippen LogP contribution is 2.22. The molecule has 122 valence electrons. The van der Waals surface area contributed by atoms with Crippen LogP contribution in [0.2, 0.25) is 0 Å². The maximum atomic E-state index is 12.6. The van der Waals surface area contributed by atoms with Gasteiger partial charge >= 0.3 is 0 Å². The SMILES string of the molecule is Cc1ccc2[nH]c(-c3cccc(C(=O)N4CCOCC4)c3)nc2c1. The summed E-state index contributed by atoms with van der Waals surface area (Å²) in [6, 6.07) is 13.8. The highest BCUT2D eigenvalue weighted by Gasteiger charge is 2.19. The maximum absolute atomic E-state index is 12.6. The van der Waals surface area contributed by atoms with Crippen LogP contribution in [0.25, 0.3) is 22.4 Å². The quantitative estimate of drug-likeness (QED) is 0.789. The molecule has 1 aliphatic rings. The molecule has 0 unspecified atom stereocenters. The molecule has 0 radical (unpaired) electrons. The number of aromatic nitrogens is 2. The molecule has 1 N–H and O–H groups in total. The molecule has 5 heteroatoms. The fraction of sp³-hybridized carbons (Fsp3) is 0.263. The molecular weight excluding hydrogens is 302 g/mol. The molecule has 4 rings (SSSR count). The molecule has 1 fully saturated rings. The molecule has 0 spiro atoms. The number of ether oxygens (including phenoxy) is 1. The van der Waals surface area contributed by atoms with Crippen LogP contribution in [0.4, 0.5) is 0 Å². The second-order valence-corrected chi connectivity index (χ2v) is 6.09. The molecule has 0 atom stereocenters. The van der Waals surface area contributed by atoms with E-state index in [-0.39, 0.29) is 5.91 Å². The molecule has 1 saturated heterocycles. The topological polar surface area (TPSA) is 58.2 Å². The summed E-state index contributed by atoms with van der Waals surface area (Å²) in [5.41, 5.74) is 4.72. The van der Waals surface area contributed by atoms with Crippen LogP contribution < -0.4 is 0 Å². The predicted molar refractivity (Wildman–Crippen MR) is 93.0 cm³/mol. The number of hydrogen-bond acceptors (Lipinski definition) is 3. The minimum absolute atomic E-state index is 0.0482. The number of carbonyl (C=O) groups excluding carboxylic acids is 1. The molecule has 1 aromatic heterocycles. The molecular formula is C19H19N3O2. The van der Waals surface area contributed by atoms with Crippen LogP contribution in [0.15, 0.2) is 42.5 Å². The van der Waals surface area contributed by atoms with E-state index in [0.29, 0.717) is 31.9 Å². The first kappa shape index (κ1) is 14.9. The third-order valence-electron chi connectivity index (χ3n) is 4.32. The Morgan fingerprint density at radius 1 is 1.17 bits per heavy atom. The summed E-state index contributed by atoms with van der Waals surface area (Å²) in [6.07, 6.45) is 0. The van der Waals surface area contributed by atoms with Crippen molar-refractivity contribution in [3.05, 3.63) is 53.6 Å². The molecule has 0 saturated carbocycles. The molecule has 0 bridgehead atoms. The molecule has 0 aliphatic carbocycles. The summed E-state index contributed by atoms with van der Waals surface area (Å²) in [5.74, 6) is 0.833. The van der Waals surface area contributed by atoms with Crippen molar-refractivity contribution in [2.45, 2.75) is 6.92 Å². The van der Waals surface area contributed by atoms with Crippen LogP contribution >= 0.6 is 0 Å². The smallest absolute Gasteiger partial charge is 0.254 e. The van der Waals surface area contributed by atoms with Crippen molar-refractivity contribution in [1.82, 2.24) is 14.9 Å². The lowest BCUT2D eigenvalue weighted by molar-refractivity contribution is 0.0303. The Balaban J connectivity index is 1.67.